The second-order valence-corrected chi connectivity index (χ2v) is 6.83. The predicted molar refractivity (Wildman–Crippen MR) is 112 cm³/mol. The van der Waals surface area contributed by atoms with Crippen LogP contribution < -0.4 is 10.2 Å². The quantitative estimate of drug-likeness (QED) is 0.288. The summed E-state index contributed by atoms with van der Waals surface area (Å²) in [5.41, 5.74) is 4.09. The van der Waals surface area contributed by atoms with E-state index >= 15 is 0 Å². The molecule has 0 spiro atoms. The number of aromatic nitrogens is 1. The molecule has 3 aromatic rings. The summed E-state index contributed by atoms with van der Waals surface area (Å²) in [5.74, 6) is 0.730. The lowest BCUT2D eigenvalue weighted by atomic mass is 10.2. The van der Waals surface area contributed by atoms with E-state index in [1.54, 1.807) is 6.07 Å². The zero-order valence-electron chi connectivity index (χ0n) is 14.4. The van der Waals surface area contributed by atoms with Gasteiger partial charge in [-0.15, -0.1) is 0 Å². The number of ether oxygens (including phenoxy) is 1. The second-order valence-electron chi connectivity index (χ2n) is 5.57. The maximum atomic E-state index is 11.0. The molecule has 0 fully saturated rings. The minimum absolute atomic E-state index is 0.0718. The van der Waals surface area contributed by atoms with Crippen molar-refractivity contribution in [3.05, 3.63) is 91.5 Å². The van der Waals surface area contributed by atoms with Gasteiger partial charge in [-0.3, -0.25) is 15.5 Å². The Morgan fingerprint density at radius 2 is 2.07 bits per heavy atom. The SMILES string of the molecule is O=[N+]([O-])c1cccnc1N/N=C\c1ccc(OCc2ccccc2Cl)c(Br)c1. The number of rotatable bonds is 7. The van der Waals surface area contributed by atoms with Gasteiger partial charge in [-0.1, -0.05) is 29.8 Å². The Morgan fingerprint density at radius 3 is 2.82 bits per heavy atom. The molecule has 7 nitrogen and oxygen atoms in total. The zero-order valence-corrected chi connectivity index (χ0v) is 16.7. The maximum Gasteiger partial charge on any atom is 0.313 e. The molecule has 1 aromatic heterocycles. The van der Waals surface area contributed by atoms with Gasteiger partial charge in [0.05, 0.1) is 15.6 Å². The van der Waals surface area contributed by atoms with E-state index in [4.69, 9.17) is 16.3 Å². The number of benzene rings is 2. The molecule has 0 unspecified atom stereocenters. The van der Waals surface area contributed by atoms with E-state index in [0.717, 1.165) is 15.6 Å². The molecule has 0 bridgehead atoms. The fraction of sp³-hybridized carbons (Fsp3) is 0.0526. The average molecular weight is 462 g/mol. The number of halogens is 2. The lowest BCUT2D eigenvalue weighted by Crippen LogP contribution is -1.99. The Bertz CT molecular complexity index is 1030. The standard InChI is InChI=1S/C19H14BrClN4O3/c20-15-10-13(11-23-24-19-17(25(26)27)6-3-9-22-19)7-8-18(15)28-12-14-4-1-2-5-16(14)21/h1-11H,12H2,(H,22,24)/b23-11-. The summed E-state index contributed by atoms with van der Waals surface area (Å²) < 4.78 is 6.54. The zero-order chi connectivity index (χ0) is 19.9. The van der Waals surface area contributed by atoms with Crippen LogP contribution in [0.4, 0.5) is 11.5 Å². The Kier molecular flexibility index (Phi) is 6.57. The van der Waals surface area contributed by atoms with Gasteiger partial charge in [0.1, 0.15) is 12.4 Å². The molecule has 0 radical (unpaired) electrons. The fourth-order valence-corrected chi connectivity index (χ4v) is 2.98. The smallest absolute Gasteiger partial charge is 0.313 e. The van der Waals surface area contributed by atoms with Crippen LogP contribution in [-0.4, -0.2) is 16.1 Å². The third-order valence-electron chi connectivity index (χ3n) is 3.66. The number of nitro groups is 1. The first-order chi connectivity index (χ1) is 13.5. The molecule has 0 aliphatic carbocycles. The van der Waals surface area contributed by atoms with Crippen molar-refractivity contribution in [1.82, 2.24) is 4.98 Å². The van der Waals surface area contributed by atoms with Crippen LogP contribution in [0.1, 0.15) is 11.1 Å². The first-order valence-corrected chi connectivity index (χ1v) is 9.26. The van der Waals surface area contributed by atoms with Gasteiger partial charge in [0, 0.05) is 22.8 Å². The van der Waals surface area contributed by atoms with Gasteiger partial charge < -0.3 is 4.74 Å². The molecule has 1 N–H and O–H groups in total. The summed E-state index contributed by atoms with van der Waals surface area (Å²) >= 11 is 9.60. The highest BCUT2D eigenvalue weighted by Crippen LogP contribution is 2.27. The first-order valence-electron chi connectivity index (χ1n) is 8.09. The molecule has 0 saturated carbocycles. The third kappa shape index (κ3) is 5.05. The van der Waals surface area contributed by atoms with E-state index < -0.39 is 4.92 Å². The molecule has 0 aliphatic heterocycles. The normalized spacial score (nSPS) is 10.8. The van der Waals surface area contributed by atoms with Crippen LogP contribution in [0.3, 0.4) is 0 Å². The molecule has 0 amide bonds. The van der Waals surface area contributed by atoms with E-state index in [2.05, 4.69) is 31.4 Å². The summed E-state index contributed by atoms with van der Waals surface area (Å²) in [6.45, 7) is 0.344. The van der Waals surface area contributed by atoms with Gasteiger partial charge in [0.2, 0.25) is 5.82 Å². The largest absolute Gasteiger partial charge is 0.488 e. The molecule has 0 atom stereocenters. The minimum atomic E-state index is -0.521. The highest BCUT2D eigenvalue weighted by Gasteiger charge is 2.13. The molecule has 3 rings (SSSR count). The number of nitrogens with zero attached hydrogens (tertiary/aromatic N) is 3. The summed E-state index contributed by atoms with van der Waals surface area (Å²) in [5, 5.41) is 15.6. The summed E-state index contributed by atoms with van der Waals surface area (Å²) in [4.78, 5) is 14.4. The van der Waals surface area contributed by atoms with Crippen molar-refractivity contribution in [1.29, 1.82) is 0 Å². The van der Waals surface area contributed by atoms with E-state index in [1.807, 2.05) is 36.4 Å². The molecule has 2 aromatic carbocycles. The number of hydrazone groups is 1. The van der Waals surface area contributed by atoms with Gasteiger partial charge in [0.15, 0.2) is 0 Å². The summed E-state index contributed by atoms with van der Waals surface area (Å²) in [6, 6.07) is 15.8. The monoisotopic (exact) mass is 460 g/mol. The molecule has 0 aliphatic rings. The maximum absolute atomic E-state index is 11.0. The number of anilines is 1. The van der Waals surface area contributed by atoms with Crippen molar-refractivity contribution in [2.45, 2.75) is 6.61 Å². The van der Waals surface area contributed by atoms with Crippen molar-refractivity contribution in [3.63, 3.8) is 0 Å². The Balaban J connectivity index is 1.65. The van der Waals surface area contributed by atoms with Crippen molar-refractivity contribution < 1.29 is 9.66 Å². The van der Waals surface area contributed by atoms with Gasteiger partial charge >= 0.3 is 5.69 Å². The minimum Gasteiger partial charge on any atom is -0.488 e. The van der Waals surface area contributed by atoms with Gasteiger partial charge in [-0.2, -0.15) is 5.10 Å². The van der Waals surface area contributed by atoms with E-state index in [-0.39, 0.29) is 11.5 Å². The second kappa shape index (κ2) is 9.29. The van der Waals surface area contributed by atoms with Crippen LogP contribution in [0.5, 0.6) is 5.75 Å². The van der Waals surface area contributed by atoms with Crippen molar-refractivity contribution in [3.8, 4) is 5.75 Å². The topological polar surface area (TPSA) is 89.7 Å². The average Bonchev–Trinajstić information content (AvgIpc) is 2.69. The number of nitrogens with one attached hydrogen (secondary N) is 1. The van der Waals surface area contributed by atoms with Crippen molar-refractivity contribution >= 4 is 45.3 Å². The third-order valence-corrected chi connectivity index (χ3v) is 4.65. The number of pyridine rings is 1. The molecule has 28 heavy (non-hydrogen) atoms. The summed E-state index contributed by atoms with van der Waals surface area (Å²) in [6.07, 6.45) is 2.98. The van der Waals surface area contributed by atoms with E-state index in [0.29, 0.717) is 17.4 Å². The Morgan fingerprint density at radius 1 is 1.25 bits per heavy atom. The molecule has 9 heteroatoms. The fourth-order valence-electron chi connectivity index (χ4n) is 2.28. The first kappa shape index (κ1) is 19.8. The highest BCUT2D eigenvalue weighted by molar-refractivity contribution is 9.10. The van der Waals surface area contributed by atoms with Crippen molar-refractivity contribution in [2.75, 3.05) is 5.43 Å². The lowest BCUT2D eigenvalue weighted by molar-refractivity contribution is -0.384. The van der Waals surface area contributed by atoms with Crippen LogP contribution in [0.15, 0.2) is 70.4 Å². The summed E-state index contributed by atoms with van der Waals surface area (Å²) in [7, 11) is 0. The molecule has 142 valence electrons. The van der Waals surface area contributed by atoms with Gasteiger partial charge in [-0.25, -0.2) is 4.98 Å². The molecule has 0 saturated heterocycles. The highest BCUT2D eigenvalue weighted by atomic mass is 79.9. The Hall–Kier alpha value is -2.97. The Labute approximate surface area is 174 Å². The van der Waals surface area contributed by atoms with E-state index in [9.17, 15) is 10.1 Å². The molecular formula is C19H14BrClN4O3. The van der Waals surface area contributed by atoms with Crippen LogP contribution in [-0.2, 0) is 6.61 Å². The van der Waals surface area contributed by atoms with Gasteiger partial charge in [-0.05, 0) is 51.8 Å². The van der Waals surface area contributed by atoms with Crippen LogP contribution >= 0.6 is 27.5 Å². The van der Waals surface area contributed by atoms with Crippen LogP contribution in [0.25, 0.3) is 0 Å². The predicted octanol–water partition coefficient (Wildman–Crippen LogP) is 5.43. The number of hydrogen-bond donors (Lipinski definition) is 1. The number of hydrogen-bond acceptors (Lipinski definition) is 6. The van der Waals surface area contributed by atoms with Crippen molar-refractivity contribution in [2.24, 2.45) is 5.10 Å². The van der Waals surface area contributed by atoms with Gasteiger partial charge in [0.25, 0.3) is 0 Å². The lowest BCUT2D eigenvalue weighted by Gasteiger charge is -2.10. The molecule has 1 heterocycles. The molecular weight excluding hydrogens is 448 g/mol. The van der Waals surface area contributed by atoms with E-state index in [1.165, 1.54) is 24.5 Å². The van der Waals surface area contributed by atoms with Crippen LogP contribution in [0.2, 0.25) is 5.02 Å². The van der Waals surface area contributed by atoms with Crippen LogP contribution in [0, 0.1) is 10.1 Å².